The lowest BCUT2D eigenvalue weighted by atomic mass is 10.1. The number of nitriles is 1. The average Bonchev–Trinajstić information content (AvgIpc) is 2.19. The van der Waals surface area contributed by atoms with Gasteiger partial charge in [0.25, 0.3) is 5.69 Å². The molecule has 0 heterocycles. The van der Waals surface area contributed by atoms with Crippen molar-refractivity contribution in [2.24, 2.45) is 0 Å². The molecule has 4 nitrogen and oxygen atoms in total. The molecule has 0 saturated carbocycles. The summed E-state index contributed by atoms with van der Waals surface area (Å²) in [7, 11) is 0. The first kappa shape index (κ1) is 10.8. The summed E-state index contributed by atoms with van der Waals surface area (Å²) in [6.45, 7) is 0. The highest BCUT2D eigenvalue weighted by Gasteiger charge is 2.16. The molecule has 1 aromatic rings. The van der Waals surface area contributed by atoms with E-state index in [1.165, 1.54) is 0 Å². The van der Waals surface area contributed by atoms with Gasteiger partial charge in [-0.25, -0.2) is 8.78 Å². The van der Waals surface area contributed by atoms with Crippen LogP contribution in [0.5, 0.6) is 0 Å². The second-order valence-corrected chi connectivity index (χ2v) is 2.54. The van der Waals surface area contributed by atoms with Crippen LogP contribution in [0.4, 0.5) is 14.5 Å². The molecule has 0 bridgehead atoms. The molecule has 0 fully saturated rings. The molecule has 0 aliphatic rings. The summed E-state index contributed by atoms with van der Waals surface area (Å²) in [4.78, 5) is 9.60. The lowest BCUT2D eigenvalue weighted by Crippen LogP contribution is -1.95. The van der Waals surface area contributed by atoms with Crippen LogP contribution >= 0.6 is 0 Å². The Bertz CT molecular complexity index is 478. The van der Waals surface area contributed by atoms with E-state index in [1.54, 1.807) is 6.07 Å². The molecule has 0 radical (unpaired) electrons. The number of nitro benzene ring substituents is 1. The van der Waals surface area contributed by atoms with Crippen molar-refractivity contribution in [3.63, 3.8) is 0 Å². The van der Waals surface area contributed by atoms with Crippen molar-refractivity contribution in [2.75, 3.05) is 0 Å². The smallest absolute Gasteiger partial charge is 0.258 e. The molecular weight excluding hydrogens is 206 g/mol. The average molecular weight is 210 g/mol. The van der Waals surface area contributed by atoms with Gasteiger partial charge in [0.15, 0.2) is 11.6 Å². The molecule has 0 saturated heterocycles. The van der Waals surface area contributed by atoms with E-state index in [1.807, 2.05) is 0 Å². The molecule has 15 heavy (non-hydrogen) atoms. The maximum absolute atomic E-state index is 12.7. The Morgan fingerprint density at radius 1 is 1.40 bits per heavy atom. The molecule has 0 unspecified atom stereocenters. The SMILES string of the molecule is N#CC=Cc1cc(F)c(F)cc1[N+](=O)[O-]. The molecule has 6 heteroatoms. The van der Waals surface area contributed by atoms with Crippen LogP contribution in [0.2, 0.25) is 0 Å². The number of allylic oxidation sites excluding steroid dienone is 1. The number of benzene rings is 1. The van der Waals surface area contributed by atoms with E-state index in [0.717, 1.165) is 12.2 Å². The van der Waals surface area contributed by atoms with Crippen molar-refractivity contribution in [1.82, 2.24) is 0 Å². The topological polar surface area (TPSA) is 66.9 Å². The fourth-order valence-electron chi connectivity index (χ4n) is 0.970. The summed E-state index contributed by atoms with van der Waals surface area (Å²) >= 11 is 0. The first-order chi connectivity index (χ1) is 7.06. The second-order valence-electron chi connectivity index (χ2n) is 2.54. The van der Waals surface area contributed by atoms with Crippen LogP contribution in [0.25, 0.3) is 6.08 Å². The van der Waals surface area contributed by atoms with Crippen molar-refractivity contribution in [3.8, 4) is 6.07 Å². The van der Waals surface area contributed by atoms with Crippen molar-refractivity contribution >= 4 is 11.8 Å². The minimum Gasteiger partial charge on any atom is -0.258 e. The normalized spacial score (nSPS) is 10.2. The van der Waals surface area contributed by atoms with Crippen LogP contribution in [0.3, 0.4) is 0 Å². The van der Waals surface area contributed by atoms with E-state index in [2.05, 4.69) is 0 Å². The summed E-state index contributed by atoms with van der Waals surface area (Å²) in [5.74, 6) is -2.49. The van der Waals surface area contributed by atoms with Gasteiger partial charge in [-0.15, -0.1) is 0 Å². The summed E-state index contributed by atoms with van der Waals surface area (Å²) < 4.78 is 25.4. The van der Waals surface area contributed by atoms with Crippen LogP contribution in [-0.2, 0) is 0 Å². The minimum absolute atomic E-state index is 0.152. The maximum Gasteiger partial charge on any atom is 0.279 e. The summed E-state index contributed by atoms with van der Waals surface area (Å²) in [5, 5.41) is 18.7. The fourth-order valence-corrected chi connectivity index (χ4v) is 0.970. The zero-order chi connectivity index (χ0) is 11.4. The van der Waals surface area contributed by atoms with E-state index in [4.69, 9.17) is 5.26 Å². The Hall–Kier alpha value is -2.29. The van der Waals surface area contributed by atoms with E-state index in [-0.39, 0.29) is 5.56 Å². The third kappa shape index (κ3) is 2.34. The van der Waals surface area contributed by atoms with Crippen LogP contribution in [0.1, 0.15) is 5.56 Å². The van der Waals surface area contributed by atoms with Crippen LogP contribution in [0.15, 0.2) is 18.2 Å². The summed E-state index contributed by atoms with van der Waals surface area (Å²) in [5.41, 5.74) is -0.735. The third-order valence-electron chi connectivity index (χ3n) is 1.60. The Morgan fingerprint density at radius 2 is 2.00 bits per heavy atom. The zero-order valence-electron chi connectivity index (χ0n) is 7.28. The van der Waals surface area contributed by atoms with E-state index in [9.17, 15) is 18.9 Å². The predicted octanol–water partition coefficient (Wildman–Crippen LogP) is 2.41. The molecule has 0 aromatic heterocycles. The molecule has 0 spiro atoms. The predicted molar refractivity (Wildman–Crippen MR) is 47.7 cm³/mol. The molecule has 0 N–H and O–H groups in total. The van der Waals surface area contributed by atoms with E-state index in [0.29, 0.717) is 12.1 Å². The lowest BCUT2D eigenvalue weighted by Gasteiger charge is -1.98. The highest BCUT2D eigenvalue weighted by molar-refractivity contribution is 5.62. The first-order valence-corrected chi connectivity index (χ1v) is 3.76. The van der Waals surface area contributed by atoms with Gasteiger partial charge in [-0.05, 0) is 12.1 Å². The Labute approximate surface area is 83.2 Å². The molecule has 0 atom stereocenters. The Balaban J connectivity index is 3.36. The maximum atomic E-state index is 12.7. The molecular formula is C9H4F2N2O2. The number of hydrogen-bond donors (Lipinski definition) is 0. The number of nitro groups is 1. The molecule has 0 amide bonds. The van der Waals surface area contributed by atoms with Gasteiger partial charge in [-0.3, -0.25) is 10.1 Å². The largest absolute Gasteiger partial charge is 0.279 e. The zero-order valence-corrected chi connectivity index (χ0v) is 7.28. The molecule has 0 aliphatic heterocycles. The van der Waals surface area contributed by atoms with Crippen molar-refractivity contribution in [3.05, 3.63) is 45.5 Å². The van der Waals surface area contributed by atoms with Crippen LogP contribution in [-0.4, -0.2) is 4.92 Å². The van der Waals surface area contributed by atoms with E-state index < -0.39 is 22.2 Å². The van der Waals surface area contributed by atoms with Gasteiger partial charge in [-0.1, -0.05) is 0 Å². The highest BCUT2D eigenvalue weighted by Crippen LogP contribution is 2.23. The van der Waals surface area contributed by atoms with Gasteiger partial charge in [0.1, 0.15) is 0 Å². The Morgan fingerprint density at radius 3 is 2.53 bits per heavy atom. The molecule has 0 aliphatic carbocycles. The van der Waals surface area contributed by atoms with Crippen LogP contribution in [0, 0.1) is 33.1 Å². The van der Waals surface area contributed by atoms with Gasteiger partial charge in [0.05, 0.1) is 22.6 Å². The summed E-state index contributed by atoms with van der Waals surface area (Å²) in [6, 6.07) is 2.74. The minimum atomic E-state index is -1.30. The van der Waals surface area contributed by atoms with Gasteiger partial charge in [0.2, 0.25) is 0 Å². The second kappa shape index (κ2) is 4.28. The van der Waals surface area contributed by atoms with Crippen molar-refractivity contribution < 1.29 is 13.7 Å². The highest BCUT2D eigenvalue weighted by atomic mass is 19.2. The van der Waals surface area contributed by atoms with Crippen molar-refractivity contribution in [1.29, 1.82) is 5.26 Å². The number of rotatable bonds is 2. The fraction of sp³-hybridized carbons (Fsp3) is 0. The van der Waals surface area contributed by atoms with Crippen molar-refractivity contribution in [2.45, 2.75) is 0 Å². The monoisotopic (exact) mass is 210 g/mol. The van der Waals surface area contributed by atoms with Crippen LogP contribution < -0.4 is 0 Å². The summed E-state index contributed by atoms with van der Waals surface area (Å²) in [6.07, 6.45) is 1.99. The van der Waals surface area contributed by atoms with Gasteiger partial charge in [-0.2, -0.15) is 5.26 Å². The van der Waals surface area contributed by atoms with Gasteiger partial charge in [0, 0.05) is 6.08 Å². The van der Waals surface area contributed by atoms with Gasteiger partial charge >= 0.3 is 0 Å². The third-order valence-corrected chi connectivity index (χ3v) is 1.60. The molecule has 76 valence electrons. The lowest BCUT2D eigenvalue weighted by molar-refractivity contribution is -0.385. The Kier molecular flexibility index (Phi) is 3.08. The first-order valence-electron chi connectivity index (χ1n) is 3.76. The quantitative estimate of drug-likeness (QED) is 0.427. The van der Waals surface area contributed by atoms with E-state index >= 15 is 0 Å². The number of halogens is 2. The standard InChI is InChI=1S/C9H4F2N2O2/c10-7-4-6(2-1-3-12)9(13(14)15)5-8(7)11/h1-2,4-5H. The molecule has 1 aromatic carbocycles. The van der Waals surface area contributed by atoms with Gasteiger partial charge < -0.3 is 0 Å². The molecule has 1 rings (SSSR count). The number of nitrogens with zero attached hydrogens (tertiary/aromatic N) is 2. The number of hydrogen-bond acceptors (Lipinski definition) is 3.